The number of hydrogen-bond acceptors (Lipinski definition) is 2. The molecule has 90 valence electrons. The summed E-state index contributed by atoms with van der Waals surface area (Å²) in [6.07, 6.45) is 4.75. The van der Waals surface area contributed by atoms with Gasteiger partial charge in [-0.15, -0.1) is 0 Å². The maximum Gasteiger partial charge on any atom is 0.0499 e. The summed E-state index contributed by atoms with van der Waals surface area (Å²) in [5, 5.41) is 9.58. The minimum Gasteiger partial charge on any atom is -0.396 e. The molecule has 0 aromatic carbocycles. The van der Waals surface area contributed by atoms with Crippen molar-refractivity contribution in [2.45, 2.75) is 58.9 Å². The van der Waals surface area contributed by atoms with Gasteiger partial charge >= 0.3 is 0 Å². The predicted molar refractivity (Wildman–Crippen MR) is 65.0 cm³/mol. The van der Waals surface area contributed by atoms with Gasteiger partial charge in [0.2, 0.25) is 0 Å². The molecule has 1 fully saturated rings. The molecule has 1 N–H and O–H groups in total. The van der Waals surface area contributed by atoms with E-state index in [1.807, 2.05) is 0 Å². The Labute approximate surface area is 94.7 Å². The molecule has 0 atom stereocenters. The number of likely N-dealkylation sites (tertiary alicyclic amines) is 1. The van der Waals surface area contributed by atoms with E-state index in [0.717, 1.165) is 19.4 Å². The lowest BCUT2D eigenvalue weighted by molar-refractivity contribution is 0.0405. The fraction of sp³-hybridized carbons (Fsp3) is 1.00. The Kier molecular flexibility index (Phi) is 4.19. The zero-order chi connectivity index (χ0) is 11.5. The number of aliphatic hydroxyl groups is 1. The van der Waals surface area contributed by atoms with Crippen molar-refractivity contribution >= 4 is 0 Å². The topological polar surface area (TPSA) is 23.5 Å². The molecule has 0 aliphatic carbocycles. The van der Waals surface area contributed by atoms with Gasteiger partial charge in [-0.3, -0.25) is 4.90 Å². The molecule has 0 unspecified atom stereocenters. The second-order valence-electron chi connectivity index (χ2n) is 5.70. The summed E-state index contributed by atoms with van der Waals surface area (Å²) in [4.78, 5) is 2.57. The second-order valence-corrected chi connectivity index (χ2v) is 5.70. The van der Waals surface area contributed by atoms with Crippen LogP contribution in [-0.2, 0) is 0 Å². The van der Waals surface area contributed by atoms with Crippen LogP contribution in [-0.4, -0.2) is 35.2 Å². The molecule has 0 saturated carbocycles. The highest BCUT2D eigenvalue weighted by atomic mass is 16.3. The Balaban J connectivity index is 2.66. The van der Waals surface area contributed by atoms with Crippen LogP contribution in [0.5, 0.6) is 0 Å². The molecule has 2 heteroatoms. The average Bonchev–Trinajstić information content (AvgIpc) is 2.55. The van der Waals surface area contributed by atoms with Crippen molar-refractivity contribution in [3.63, 3.8) is 0 Å². The van der Waals surface area contributed by atoms with Gasteiger partial charge in [0.1, 0.15) is 0 Å². The van der Waals surface area contributed by atoms with Gasteiger partial charge in [-0.2, -0.15) is 0 Å². The van der Waals surface area contributed by atoms with Gasteiger partial charge in [0, 0.05) is 24.1 Å². The highest BCUT2D eigenvalue weighted by molar-refractivity contribution is 4.92. The smallest absolute Gasteiger partial charge is 0.0499 e. The number of hydrogen-bond donors (Lipinski definition) is 1. The molecule has 1 aliphatic rings. The van der Waals surface area contributed by atoms with E-state index in [9.17, 15) is 5.11 Å². The van der Waals surface area contributed by atoms with Gasteiger partial charge in [0.05, 0.1) is 0 Å². The summed E-state index contributed by atoms with van der Waals surface area (Å²) in [6.45, 7) is 11.6. The van der Waals surface area contributed by atoms with Crippen molar-refractivity contribution in [2.24, 2.45) is 5.41 Å². The van der Waals surface area contributed by atoms with Crippen LogP contribution in [0.25, 0.3) is 0 Å². The Morgan fingerprint density at radius 2 is 1.87 bits per heavy atom. The molecule has 0 bridgehead atoms. The molecule has 1 rings (SSSR count). The first-order valence-electron chi connectivity index (χ1n) is 6.35. The van der Waals surface area contributed by atoms with E-state index >= 15 is 0 Å². The third-order valence-electron chi connectivity index (χ3n) is 4.43. The molecule has 0 aromatic heterocycles. The van der Waals surface area contributed by atoms with Crippen molar-refractivity contribution in [3.8, 4) is 0 Å². The SMILES string of the molecule is CCC(CC)(CO)CN1CCCC1(C)C. The molecular weight excluding hydrogens is 186 g/mol. The minimum absolute atomic E-state index is 0.127. The van der Waals surface area contributed by atoms with Crippen LogP contribution in [0.3, 0.4) is 0 Å². The first-order valence-corrected chi connectivity index (χ1v) is 6.35. The Bertz CT molecular complexity index is 188. The Morgan fingerprint density at radius 1 is 1.27 bits per heavy atom. The maximum absolute atomic E-state index is 9.58. The van der Waals surface area contributed by atoms with Gasteiger partial charge in [-0.1, -0.05) is 13.8 Å². The van der Waals surface area contributed by atoms with E-state index in [1.165, 1.54) is 19.4 Å². The second kappa shape index (κ2) is 4.84. The van der Waals surface area contributed by atoms with E-state index in [4.69, 9.17) is 0 Å². The van der Waals surface area contributed by atoms with E-state index in [1.54, 1.807) is 0 Å². The van der Waals surface area contributed by atoms with Crippen molar-refractivity contribution < 1.29 is 5.11 Å². The third-order valence-corrected chi connectivity index (χ3v) is 4.43. The number of nitrogens with zero attached hydrogens (tertiary/aromatic N) is 1. The van der Waals surface area contributed by atoms with Crippen LogP contribution in [0.4, 0.5) is 0 Å². The van der Waals surface area contributed by atoms with Crippen LogP contribution < -0.4 is 0 Å². The van der Waals surface area contributed by atoms with Crippen LogP contribution in [0.2, 0.25) is 0 Å². The average molecular weight is 213 g/mol. The van der Waals surface area contributed by atoms with Crippen LogP contribution in [0.15, 0.2) is 0 Å². The molecule has 2 nitrogen and oxygen atoms in total. The van der Waals surface area contributed by atoms with Gasteiger partial charge in [-0.25, -0.2) is 0 Å². The van der Waals surface area contributed by atoms with Gasteiger partial charge in [-0.05, 0) is 46.1 Å². The van der Waals surface area contributed by atoms with E-state index < -0.39 is 0 Å². The molecular formula is C13H27NO. The molecule has 0 aromatic rings. The largest absolute Gasteiger partial charge is 0.396 e. The number of aliphatic hydroxyl groups excluding tert-OH is 1. The first kappa shape index (κ1) is 13.0. The highest BCUT2D eigenvalue weighted by Gasteiger charge is 2.37. The monoisotopic (exact) mass is 213 g/mol. The van der Waals surface area contributed by atoms with E-state index in [-0.39, 0.29) is 5.41 Å². The predicted octanol–water partition coefficient (Wildman–Crippen LogP) is 2.66. The van der Waals surface area contributed by atoms with Crippen molar-refractivity contribution in [1.29, 1.82) is 0 Å². The quantitative estimate of drug-likeness (QED) is 0.759. The molecule has 1 saturated heterocycles. The lowest BCUT2D eigenvalue weighted by atomic mass is 9.82. The summed E-state index contributed by atoms with van der Waals surface area (Å²) in [5.74, 6) is 0. The van der Waals surface area contributed by atoms with Crippen molar-refractivity contribution in [3.05, 3.63) is 0 Å². The zero-order valence-electron chi connectivity index (χ0n) is 10.8. The summed E-state index contributed by atoms with van der Waals surface area (Å²) >= 11 is 0. The number of rotatable bonds is 5. The van der Waals surface area contributed by atoms with Crippen LogP contribution in [0.1, 0.15) is 53.4 Å². The summed E-state index contributed by atoms with van der Waals surface area (Å²) in [7, 11) is 0. The molecule has 15 heavy (non-hydrogen) atoms. The first-order chi connectivity index (χ1) is 6.99. The minimum atomic E-state index is 0.127. The van der Waals surface area contributed by atoms with E-state index in [0.29, 0.717) is 12.1 Å². The van der Waals surface area contributed by atoms with Crippen LogP contribution in [0, 0.1) is 5.41 Å². The van der Waals surface area contributed by atoms with Crippen LogP contribution >= 0.6 is 0 Å². The molecule has 0 radical (unpaired) electrons. The highest BCUT2D eigenvalue weighted by Crippen LogP contribution is 2.34. The zero-order valence-corrected chi connectivity index (χ0v) is 10.8. The van der Waals surface area contributed by atoms with E-state index in [2.05, 4.69) is 32.6 Å². The molecule has 1 aliphatic heterocycles. The molecule has 1 heterocycles. The van der Waals surface area contributed by atoms with Crippen molar-refractivity contribution in [1.82, 2.24) is 4.90 Å². The summed E-state index contributed by atoms with van der Waals surface area (Å²) < 4.78 is 0. The van der Waals surface area contributed by atoms with Crippen molar-refractivity contribution in [2.75, 3.05) is 19.7 Å². The third kappa shape index (κ3) is 2.73. The Morgan fingerprint density at radius 3 is 2.20 bits per heavy atom. The molecule has 0 amide bonds. The lowest BCUT2D eigenvalue weighted by Gasteiger charge is -2.40. The fourth-order valence-electron chi connectivity index (χ4n) is 2.61. The van der Waals surface area contributed by atoms with Gasteiger partial charge in [0.15, 0.2) is 0 Å². The summed E-state index contributed by atoms with van der Waals surface area (Å²) in [5.41, 5.74) is 0.465. The maximum atomic E-state index is 9.58. The standard InChI is InChI=1S/C13H27NO/c1-5-13(6-2,11-15)10-14-9-7-8-12(14,3)4/h15H,5-11H2,1-4H3. The Hall–Kier alpha value is -0.0800. The van der Waals surface area contributed by atoms with Gasteiger partial charge in [0.25, 0.3) is 0 Å². The normalized spacial score (nSPS) is 22.2. The summed E-state index contributed by atoms with van der Waals surface area (Å²) in [6, 6.07) is 0. The lowest BCUT2D eigenvalue weighted by Crippen LogP contribution is -2.46. The van der Waals surface area contributed by atoms with Gasteiger partial charge < -0.3 is 5.11 Å². The molecule has 0 spiro atoms. The fourth-order valence-corrected chi connectivity index (χ4v) is 2.61.